The van der Waals surface area contributed by atoms with E-state index in [2.05, 4.69) is 20.5 Å². The van der Waals surface area contributed by atoms with Crippen LogP contribution in [0.5, 0.6) is 0 Å². The third-order valence-electron chi connectivity index (χ3n) is 4.32. The van der Waals surface area contributed by atoms with E-state index in [9.17, 15) is 18.0 Å². The van der Waals surface area contributed by atoms with Crippen LogP contribution in [0.2, 0.25) is 10.0 Å². The van der Waals surface area contributed by atoms with Gasteiger partial charge in [-0.1, -0.05) is 36.2 Å². The van der Waals surface area contributed by atoms with Gasteiger partial charge in [0, 0.05) is 21.3 Å². The fourth-order valence-electron chi connectivity index (χ4n) is 2.68. The molecule has 0 saturated carbocycles. The summed E-state index contributed by atoms with van der Waals surface area (Å²) in [6, 6.07) is 6.06. The second-order valence-electron chi connectivity index (χ2n) is 6.71. The monoisotopic (exact) mass is 460 g/mol. The van der Waals surface area contributed by atoms with Crippen molar-refractivity contribution in [3.8, 4) is 0 Å². The van der Waals surface area contributed by atoms with Crippen LogP contribution in [0.1, 0.15) is 23.9 Å². The lowest BCUT2D eigenvalue weighted by Gasteiger charge is -2.12. The predicted molar refractivity (Wildman–Crippen MR) is 105 cm³/mol. The average Bonchev–Trinajstić information content (AvgIpc) is 3.25. The summed E-state index contributed by atoms with van der Waals surface area (Å²) in [5.74, 6) is -1.06. The third-order valence-corrected chi connectivity index (χ3v) is 5.03. The van der Waals surface area contributed by atoms with Gasteiger partial charge in [0.15, 0.2) is 5.69 Å². The Morgan fingerprint density at radius 1 is 1.23 bits per heavy atom. The predicted octanol–water partition coefficient (Wildman–Crippen LogP) is 4.43. The Labute approximate surface area is 179 Å². The van der Waals surface area contributed by atoms with Gasteiger partial charge in [-0.2, -0.15) is 18.3 Å². The van der Waals surface area contributed by atoms with Crippen LogP contribution in [-0.4, -0.2) is 30.5 Å². The van der Waals surface area contributed by atoms with E-state index >= 15 is 0 Å². The normalized spacial score (nSPS) is 12.8. The molecule has 1 N–H and O–H groups in total. The fourth-order valence-corrected chi connectivity index (χ4v) is 3.20. The summed E-state index contributed by atoms with van der Waals surface area (Å²) < 4.78 is 41.0. The molecule has 0 spiro atoms. The molecule has 2 heterocycles. The highest BCUT2D eigenvalue weighted by Gasteiger charge is 2.34. The average molecular weight is 461 g/mol. The summed E-state index contributed by atoms with van der Waals surface area (Å²) in [6.07, 6.45) is -3.13. The molecule has 0 aliphatic carbocycles. The first-order valence-corrected chi connectivity index (χ1v) is 9.55. The molecule has 3 aromatic rings. The molecule has 1 atom stereocenters. The molecule has 0 saturated heterocycles. The lowest BCUT2D eigenvalue weighted by molar-refractivity contribution is -0.141. The van der Waals surface area contributed by atoms with Crippen molar-refractivity contribution in [3.63, 3.8) is 0 Å². The van der Waals surface area contributed by atoms with Crippen LogP contribution in [0.3, 0.4) is 0 Å². The van der Waals surface area contributed by atoms with Crippen molar-refractivity contribution >= 4 is 35.1 Å². The first-order valence-electron chi connectivity index (χ1n) is 8.79. The number of carbonyl (C=O) groups excluding carboxylic acids is 1. The van der Waals surface area contributed by atoms with Crippen molar-refractivity contribution in [2.24, 2.45) is 5.92 Å². The summed E-state index contributed by atoms with van der Waals surface area (Å²) in [5, 5.41) is 11.2. The van der Waals surface area contributed by atoms with E-state index < -0.39 is 23.7 Å². The Kier molecular flexibility index (Phi) is 6.37. The number of alkyl halides is 3. The van der Waals surface area contributed by atoms with E-state index in [1.54, 1.807) is 25.1 Å². The maximum absolute atomic E-state index is 12.8. The molecule has 0 aliphatic rings. The zero-order valence-electron chi connectivity index (χ0n) is 15.9. The van der Waals surface area contributed by atoms with E-state index in [0.717, 1.165) is 10.7 Å². The fraction of sp³-hybridized carbons (Fsp3) is 0.333. The Hall–Kier alpha value is -2.59. The van der Waals surface area contributed by atoms with Crippen molar-refractivity contribution in [3.05, 3.63) is 57.6 Å². The number of amides is 1. The number of nitrogens with one attached hydrogen (secondary N) is 1. The van der Waals surface area contributed by atoms with Gasteiger partial charge in [0.25, 0.3) is 0 Å². The van der Waals surface area contributed by atoms with Crippen molar-refractivity contribution in [1.29, 1.82) is 0 Å². The molecular weight excluding hydrogens is 444 g/mol. The maximum Gasteiger partial charge on any atom is 0.435 e. The summed E-state index contributed by atoms with van der Waals surface area (Å²) in [4.78, 5) is 16.4. The SMILES string of the molecule is Cc1cc(C(F)(F)F)nn1CC(C)C(=O)Nc1ncn(Cc2c(Cl)cccc2Cl)n1. The number of benzene rings is 1. The maximum atomic E-state index is 12.8. The molecule has 0 bridgehead atoms. The number of halogens is 5. The number of anilines is 1. The molecule has 1 amide bonds. The Morgan fingerprint density at radius 3 is 2.50 bits per heavy atom. The highest BCUT2D eigenvalue weighted by Crippen LogP contribution is 2.28. The van der Waals surface area contributed by atoms with E-state index in [1.807, 2.05) is 0 Å². The van der Waals surface area contributed by atoms with Crippen molar-refractivity contribution in [2.45, 2.75) is 33.1 Å². The third kappa shape index (κ3) is 5.11. The zero-order valence-corrected chi connectivity index (χ0v) is 17.4. The number of rotatable bonds is 6. The molecule has 0 fully saturated rings. The summed E-state index contributed by atoms with van der Waals surface area (Å²) in [6.45, 7) is 3.30. The largest absolute Gasteiger partial charge is 0.435 e. The number of nitrogens with zero attached hydrogens (tertiary/aromatic N) is 5. The smallest absolute Gasteiger partial charge is 0.293 e. The summed E-state index contributed by atoms with van der Waals surface area (Å²) >= 11 is 12.3. The number of hydrogen-bond donors (Lipinski definition) is 1. The highest BCUT2D eigenvalue weighted by molar-refractivity contribution is 6.35. The van der Waals surface area contributed by atoms with Crippen LogP contribution in [-0.2, 0) is 24.1 Å². The number of hydrogen-bond acceptors (Lipinski definition) is 4. The van der Waals surface area contributed by atoms with E-state index in [0.29, 0.717) is 21.3 Å². The topological polar surface area (TPSA) is 77.6 Å². The minimum atomic E-state index is -4.54. The molecule has 2 aromatic heterocycles. The molecule has 0 aliphatic heterocycles. The minimum Gasteiger partial charge on any atom is -0.293 e. The van der Waals surface area contributed by atoms with Crippen molar-refractivity contribution in [2.75, 3.05) is 5.32 Å². The van der Waals surface area contributed by atoms with E-state index in [4.69, 9.17) is 23.2 Å². The minimum absolute atomic E-state index is 0.0241. The van der Waals surface area contributed by atoms with Gasteiger partial charge in [0.2, 0.25) is 11.9 Å². The molecule has 12 heteroatoms. The second kappa shape index (κ2) is 8.65. The number of carbonyl (C=O) groups is 1. The highest BCUT2D eigenvalue weighted by atomic mass is 35.5. The van der Waals surface area contributed by atoms with Gasteiger partial charge in [-0.15, -0.1) is 5.10 Å². The number of aryl methyl sites for hydroxylation is 1. The number of aromatic nitrogens is 5. The Balaban J connectivity index is 1.63. The second-order valence-corrected chi connectivity index (χ2v) is 7.52. The standard InChI is InChI=1S/C18H17Cl2F3N6O/c1-10(7-29-11(2)6-15(26-29)18(21,22)23)16(30)25-17-24-9-28(27-17)8-12-13(19)4-3-5-14(12)20/h3-6,9-10H,7-8H2,1-2H3,(H,25,27,30). The Bertz CT molecular complexity index is 1040. The van der Waals surface area contributed by atoms with Crippen molar-refractivity contribution in [1.82, 2.24) is 24.5 Å². The van der Waals surface area contributed by atoms with Crippen LogP contribution in [0.15, 0.2) is 30.6 Å². The Morgan fingerprint density at radius 2 is 1.90 bits per heavy atom. The van der Waals surface area contributed by atoms with Crippen molar-refractivity contribution < 1.29 is 18.0 Å². The van der Waals surface area contributed by atoms with Gasteiger partial charge in [-0.3, -0.25) is 14.8 Å². The quantitative estimate of drug-likeness (QED) is 0.589. The van der Waals surface area contributed by atoms with E-state index in [-0.39, 0.29) is 19.0 Å². The zero-order chi connectivity index (χ0) is 22.1. The molecule has 1 unspecified atom stereocenters. The van der Waals surface area contributed by atoms with Crippen LogP contribution in [0.25, 0.3) is 0 Å². The lowest BCUT2D eigenvalue weighted by atomic mass is 10.1. The molecule has 0 radical (unpaired) electrons. The van der Waals surface area contributed by atoms with Gasteiger partial charge in [0.1, 0.15) is 6.33 Å². The molecule has 1 aromatic carbocycles. The first kappa shape index (κ1) is 22.1. The molecule has 30 heavy (non-hydrogen) atoms. The van der Waals surface area contributed by atoms with Crippen LogP contribution >= 0.6 is 23.2 Å². The van der Waals surface area contributed by atoms with Gasteiger partial charge in [-0.05, 0) is 25.1 Å². The van der Waals surface area contributed by atoms with Gasteiger partial charge < -0.3 is 0 Å². The first-order chi connectivity index (χ1) is 14.0. The van der Waals surface area contributed by atoms with Gasteiger partial charge in [-0.25, -0.2) is 9.67 Å². The summed E-state index contributed by atoms with van der Waals surface area (Å²) in [7, 11) is 0. The molecule has 160 valence electrons. The molecular formula is C18H17Cl2F3N6O. The van der Waals surface area contributed by atoms with E-state index in [1.165, 1.54) is 17.9 Å². The molecule has 7 nitrogen and oxygen atoms in total. The summed E-state index contributed by atoms with van der Waals surface area (Å²) in [5.41, 5.74) is -0.0288. The van der Waals surface area contributed by atoms with Crippen LogP contribution in [0, 0.1) is 12.8 Å². The van der Waals surface area contributed by atoms with Gasteiger partial charge in [0.05, 0.1) is 19.0 Å². The lowest BCUT2D eigenvalue weighted by Crippen LogP contribution is -2.26. The van der Waals surface area contributed by atoms with Crippen LogP contribution < -0.4 is 5.32 Å². The van der Waals surface area contributed by atoms with Crippen LogP contribution in [0.4, 0.5) is 19.1 Å². The van der Waals surface area contributed by atoms with Gasteiger partial charge >= 0.3 is 6.18 Å². The molecule has 3 rings (SSSR count).